The van der Waals surface area contributed by atoms with Gasteiger partial charge in [0.1, 0.15) is 5.65 Å². The summed E-state index contributed by atoms with van der Waals surface area (Å²) in [6.07, 6.45) is 8.30. The normalized spacial score (nSPS) is 16.6. The highest BCUT2D eigenvalue weighted by Crippen LogP contribution is 2.40. The summed E-state index contributed by atoms with van der Waals surface area (Å²) in [5, 5.41) is 11.5. The average molecular weight is 428 g/mol. The lowest BCUT2D eigenvalue weighted by atomic mass is 9.82. The first-order chi connectivity index (χ1) is 14.7. The summed E-state index contributed by atoms with van der Waals surface area (Å²) in [4.78, 5) is 7.51. The molecule has 5 heteroatoms. The molecule has 0 saturated carbocycles. The van der Waals surface area contributed by atoms with Crippen LogP contribution in [0.3, 0.4) is 0 Å². The molecule has 3 rings (SSSR count). The van der Waals surface area contributed by atoms with Crippen molar-refractivity contribution in [1.82, 2.24) is 14.5 Å². The Labute approximate surface area is 188 Å². The summed E-state index contributed by atoms with van der Waals surface area (Å²) >= 11 is 0. The number of methoxy groups -OCH3 is 1. The molecule has 1 aliphatic carbocycles. The molecule has 5 nitrogen and oxygen atoms in total. The Morgan fingerprint density at radius 2 is 1.97 bits per heavy atom. The van der Waals surface area contributed by atoms with Gasteiger partial charge in [-0.3, -0.25) is 0 Å². The summed E-state index contributed by atoms with van der Waals surface area (Å²) in [6, 6.07) is 0. The van der Waals surface area contributed by atoms with E-state index in [1.54, 1.807) is 7.11 Å². The number of aryl methyl sites for hydroxylation is 2. The molecule has 0 saturated heterocycles. The molecular weight excluding hydrogens is 386 g/mol. The molecule has 0 aromatic carbocycles. The van der Waals surface area contributed by atoms with Gasteiger partial charge in [0.2, 0.25) is 0 Å². The zero-order valence-corrected chi connectivity index (χ0v) is 20.6. The number of fused-ring (bicyclic) bond motifs is 2. The van der Waals surface area contributed by atoms with Gasteiger partial charge in [-0.05, 0) is 103 Å². The Morgan fingerprint density at radius 3 is 2.61 bits per heavy atom. The van der Waals surface area contributed by atoms with Crippen molar-refractivity contribution in [2.24, 2.45) is 0 Å². The Kier molecular flexibility index (Phi) is 7.82. The summed E-state index contributed by atoms with van der Waals surface area (Å²) in [7, 11) is 5.98. The zero-order chi connectivity index (χ0) is 22.7. The summed E-state index contributed by atoms with van der Waals surface area (Å²) in [5.74, 6) is 1.19. The molecule has 2 unspecified atom stereocenters. The van der Waals surface area contributed by atoms with Crippen LogP contribution in [0.5, 0.6) is 0 Å². The van der Waals surface area contributed by atoms with Crippen molar-refractivity contribution in [3.63, 3.8) is 0 Å². The van der Waals surface area contributed by atoms with E-state index >= 15 is 0 Å². The minimum atomic E-state index is -0.319. The molecular formula is C26H41N3O2. The number of allylic oxidation sites excluding steroid dienone is 1. The number of ether oxygens (including phenoxy) is 1. The Balaban J connectivity index is 2.29. The van der Waals surface area contributed by atoms with Crippen LogP contribution in [0.2, 0.25) is 0 Å². The van der Waals surface area contributed by atoms with E-state index in [0.717, 1.165) is 50.2 Å². The van der Waals surface area contributed by atoms with Gasteiger partial charge in [0.15, 0.2) is 0 Å². The van der Waals surface area contributed by atoms with Crippen molar-refractivity contribution in [2.75, 3.05) is 27.7 Å². The van der Waals surface area contributed by atoms with Gasteiger partial charge >= 0.3 is 0 Å². The first-order valence-corrected chi connectivity index (χ1v) is 11.8. The Bertz CT molecular complexity index is 940. The Morgan fingerprint density at radius 1 is 1.26 bits per heavy atom. The molecule has 2 heterocycles. The number of aliphatic hydroxyl groups is 1. The average Bonchev–Trinajstić information content (AvgIpc) is 2.96. The van der Waals surface area contributed by atoms with E-state index in [1.165, 1.54) is 46.3 Å². The molecule has 172 valence electrons. The lowest BCUT2D eigenvalue weighted by molar-refractivity contribution is 0.176. The van der Waals surface area contributed by atoms with Crippen molar-refractivity contribution in [1.29, 1.82) is 0 Å². The molecule has 0 bridgehead atoms. The number of hydrogen-bond acceptors (Lipinski definition) is 4. The fourth-order valence-corrected chi connectivity index (χ4v) is 5.13. The third kappa shape index (κ3) is 5.15. The smallest absolute Gasteiger partial charge is 0.141 e. The molecule has 0 aliphatic heterocycles. The molecule has 0 radical (unpaired) electrons. The van der Waals surface area contributed by atoms with E-state index in [9.17, 15) is 5.11 Å². The van der Waals surface area contributed by atoms with E-state index in [0.29, 0.717) is 0 Å². The third-order valence-electron chi connectivity index (χ3n) is 6.66. The highest BCUT2D eigenvalue weighted by Gasteiger charge is 2.27. The van der Waals surface area contributed by atoms with Gasteiger partial charge in [0, 0.05) is 28.9 Å². The molecule has 0 amide bonds. The van der Waals surface area contributed by atoms with Crippen molar-refractivity contribution in [2.45, 2.75) is 84.8 Å². The van der Waals surface area contributed by atoms with E-state index in [2.05, 4.69) is 43.5 Å². The van der Waals surface area contributed by atoms with Crippen LogP contribution in [0.25, 0.3) is 17.1 Å². The van der Waals surface area contributed by atoms with E-state index in [-0.39, 0.29) is 12.0 Å². The van der Waals surface area contributed by atoms with Crippen LogP contribution in [0.1, 0.15) is 80.5 Å². The van der Waals surface area contributed by atoms with Gasteiger partial charge in [-0.1, -0.05) is 6.92 Å². The van der Waals surface area contributed by atoms with Crippen molar-refractivity contribution in [3.05, 3.63) is 33.8 Å². The van der Waals surface area contributed by atoms with E-state index in [1.807, 2.05) is 13.8 Å². The number of nitrogens with zero attached hydrogens (tertiary/aromatic N) is 3. The van der Waals surface area contributed by atoms with Gasteiger partial charge in [0.25, 0.3) is 0 Å². The second kappa shape index (κ2) is 10.2. The lowest BCUT2D eigenvalue weighted by Gasteiger charge is -2.25. The van der Waals surface area contributed by atoms with E-state index < -0.39 is 0 Å². The molecule has 1 N–H and O–H groups in total. The topological polar surface area (TPSA) is 50.5 Å². The fraction of sp³-hybridized carbons (Fsp3) is 0.654. The van der Waals surface area contributed by atoms with E-state index in [4.69, 9.17) is 9.72 Å². The number of aliphatic hydroxyl groups excluding tert-OH is 1. The highest BCUT2D eigenvalue weighted by atomic mass is 16.5. The van der Waals surface area contributed by atoms with Gasteiger partial charge in [-0.2, -0.15) is 0 Å². The van der Waals surface area contributed by atoms with Crippen LogP contribution in [-0.2, 0) is 24.1 Å². The standard InChI is InChI=1S/C26H41N3O2/c1-17(15-18(2)30)24-21-11-8-9-12-23(21)27-26-25(24)22(16-19(3)31-7)20(4)29(26)14-10-13-28(5)6/h16-18,30H,8-15H2,1-7H3/b19-16+. The third-order valence-corrected chi connectivity index (χ3v) is 6.66. The molecule has 0 fully saturated rings. The van der Waals surface area contributed by atoms with Crippen LogP contribution in [0, 0.1) is 6.92 Å². The first-order valence-electron chi connectivity index (χ1n) is 11.8. The second-order valence-corrected chi connectivity index (χ2v) is 9.61. The molecule has 0 spiro atoms. The van der Waals surface area contributed by atoms with Crippen LogP contribution < -0.4 is 0 Å². The number of pyridine rings is 1. The number of rotatable bonds is 9. The minimum absolute atomic E-state index is 0.282. The largest absolute Gasteiger partial charge is 0.501 e. The molecule has 31 heavy (non-hydrogen) atoms. The summed E-state index contributed by atoms with van der Waals surface area (Å²) in [6.45, 7) is 10.4. The summed E-state index contributed by atoms with van der Waals surface area (Å²) < 4.78 is 7.96. The van der Waals surface area contributed by atoms with Crippen LogP contribution in [0.15, 0.2) is 5.76 Å². The molecule has 2 aromatic heterocycles. The highest BCUT2D eigenvalue weighted by molar-refractivity contribution is 5.93. The van der Waals surface area contributed by atoms with Crippen LogP contribution in [-0.4, -0.2) is 53.4 Å². The van der Waals surface area contributed by atoms with Crippen LogP contribution in [0.4, 0.5) is 0 Å². The van der Waals surface area contributed by atoms with Gasteiger partial charge < -0.3 is 19.3 Å². The van der Waals surface area contributed by atoms with Crippen LogP contribution >= 0.6 is 0 Å². The molecule has 2 atom stereocenters. The maximum Gasteiger partial charge on any atom is 0.141 e. The lowest BCUT2D eigenvalue weighted by Crippen LogP contribution is -2.16. The summed E-state index contributed by atoms with van der Waals surface area (Å²) in [5.41, 5.74) is 7.71. The second-order valence-electron chi connectivity index (χ2n) is 9.61. The van der Waals surface area contributed by atoms with Crippen molar-refractivity contribution < 1.29 is 9.84 Å². The minimum Gasteiger partial charge on any atom is -0.501 e. The predicted octanol–water partition coefficient (Wildman–Crippen LogP) is 5.06. The zero-order valence-electron chi connectivity index (χ0n) is 20.6. The Hall–Kier alpha value is -1.85. The van der Waals surface area contributed by atoms with Crippen molar-refractivity contribution >= 4 is 17.1 Å². The maximum atomic E-state index is 10.2. The van der Waals surface area contributed by atoms with Gasteiger partial charge in [-0.15, -0.1) is 0 Å². The first kappa shape index (κ1) is 23.8. The predicted molar refractivity (Wildman–Crippen MR) is 130 cm³/mol. The molecule has 2 aromatic rings. The SMILES string of the molecule is CO/C(C)=C/c1c(C)n(CCCN(C)C)c2nc3c(c(C(C)CC(C)O)c12)CCCC3. The number of aromatic nitrogens is 2. The van der Waals surface area contributed by atoms with Gasteiger partial charge in [0.05, 0.1) is 19.0 Å². The van der Waals surface area contributed by atoms with Gasteiger partial charge in [-0.25, -0.2) is 4.98 Å². The number of hydrogen-bond donors (Lipinski definition) is 1. The quantitative estimate of drug-likeness (QED) is 0.569. The monoisotopic (exact) mass is 427 g/mol. The molecule has 1 aliphatic rings. The fourth-order valence-electron chi connectivity index (χ4n) is 5.13. The maximum absolute atomic E-state index is 10.2. The van der Waals surface area contributed by atoms with Crippen molar-refractivity contribution in [3.8, 4) is 0 Å².